The number of aryl methyl sites for hydroxylation is 1. The third-order valence-electron chi connectivity index (χ3n) is 2.23. The number of hydrogen-bond donors (Lipinski definition) is 1. The number of pyridine rings is 1. The summed E-state index contributed by atoms with van der Waals surface area (Å²) in [5.74, 6) is -0.268. The molecule has 4 heteroatoms. The summed E-state index contributed by atoms with van der Waals surface area (Å²) < 4.78 is 13.0. The maximum absolute atomic E-state index is 13.0. The standard InChI is InChI=1S/C11H9FN2S/c1-6-4-10(11(13)15)14-9-3-2-7(12)5-8(6)9/h2-5H,1H3,(H2,13,15). The van der Waals surface area contributed by atoms with Crippen molar-refractivity contribution >= 4 is 28.1 Å². The molecule has 0 fully saturated rings. The molecule has 2 rings (SSSR count). The summed E-state index contributed by atoms with van der Waals surface area (Å²) in [5, 5.41) is 0.787. The maximum atomic E-state index is 13.0. The van der Waals surface area contributed by atoms with E-state index in [4.69, 9.17) is 18.0 Å². The monoisotopic (exact) mass is 220 g/mol. The maximum Gasteiger partial charge on any atom is 0.123 e. The van der Waals surface area contributed by atoms with Crippen LogP contribution in [0, 0.1) is 12.7 Å². The average Bonchev–Trinajstić information content (AvgIpc) is 2.18. The predicted molar refractivity (Wildman–Crippen MR) is 62.3 cm³/mol. The molecule has 0 bridgehead atoms. The predicted octanol–water partition coefficient (Wildman–Crippen LogP) is 2.32. The van der Waals surface area contributed by atoms with Gasteiger partial charge in [0.25, 0.3) is 0 Å². The number of nitrogens with zero attached hydrogens (tertiary/aromatic N) is 1. The Kier molecular flexibility index (Phi) is 2.36. The van der Waals surface area contributed by atoms with Crippen LogP contribution < -0.4 is 5.73 Å². The Balaban J connectivity index is 2.78. The van der Waals surface area contributed by atoms with E-state index in [1.807, 2.05) is 6.92 Å². The molecule has 0 spiro atoms. The molecule has 1 heterocycles. The van der Waals surface area contributed by atoms with Crippen molar-refractivity contribution in [3.63, 3.8) is 0 Å². The lowest BCUT2D eigenvalue weighted by atomic mass is 10.1. The number of thiocarbonyl (C=S) groups is 1. The van der Waals surface area contributed by atoms with E-state index >= 15 is 0 Å². The van der Waals surface area contributed by atoms with E-state index in [1.54, 1.807) is 12.1 Å². The van der Waals surface area contributed by atoms with E-state index in [0.29, 0.717) is 11.2 Å². The summed E-state index contributed by atoms with van der Waals surface area (Å²) in [6.07, 6.45) is 0. The van der Waals surface area contributed by atoms with E-state index in [2.05, 4.69) is 4.98 Å². The molecule has 0 saturated heterocycles. The van der Waals surface area contributed by atoms with Gasteiger partial charge in [0.15, 0.2) is 0 Å². The topological polar surface area (TPSA) is 38.9 Å². The lowest BCUT2D eigenvalue weighted by Gasteiger charge is -2.05. The summed E-state index contributed by atoms with van der Waals surface area (Å²) in [7, 11) is 0. The van der Waals surface area contributed by atoms with Gasteiger partial charge in [-0.15, -0.1) is 0 Å². The minimum Gasteiger partial charge on any atom is -0.388 e. The van der Waals surface area contributed by atoms with Crippen LogP contribution in [0.15, 0.2) is 24.3 Å². The van der Waals surface area contributed by atoms with E-state index < -0.39 is 0 Å². The Bertz CT molecular complexity index is 552. The van der Waals surface area contributed by atoms with Crippen LogP contribution in [0.25, 0.3) is 10.9 Å². The van der Waals surface area contributed by atoms with Crippen LogP contribution in [0.1, 0.15) is 11.3 Å². The zero-order chi connectivity index (χ0) is 11.0. The highest BCUT2D eigenvalue weighted by Gasteiger charge is 2.05. The SMILES string of the molecule is Cc1cc(C(N)=S)nc2ccc(F)cc12. The van der Waals surface area contributed by atoms with E-state index in [-0.39, 0.29) is 10.8 Å². The Morgan fingerprint density at radius 3 is 2.80 bits per heavy atom. The third-order valence-corrected chi connectivity index (χ3v) is 2.44. The van der Waals surface area contributed by atoms with Crippen LogP contribution in [0.2, 0.25) is 0 Å². The zero-order valence-electron chi connectivity index (χ0n) is 8.12. The molecule has 0 aliphatic carbocycles. The van der Waals surface area contributed by atoms with Crippen molar-refractivity contribution in [2.45, 2.75) is 6.92 Å². The summed E-state index contributed by atoms with van der Waals surface area (Å²) in [5.41, 5.74) is 7.70. The van der Waals surface area contributed by atoms with Crippen molar-refractivity contribution in [1.29, 1.82) is 0 Å². The van der Waals surface area contributed by atoms with Gasteiger partial charge in [0.1, 0.15) is 10.8 Å². The molecule has 1 aromatic carbocycles. The fourth-order valence-corrected chi connectivity index (χ4v) is 1.60. The first-order valence-electron chi connectivity index (χ1n) is 4.44. The molecule has 0 unspecified atom stereocenters. The first kappa shape index (κ1) is 9.98. The minimum atomic E-state index is -0.268. The van der Waals surface area contributed by atoms with E-state index in [0.717, 1.165) is 10.9 Å². The Labute approximate surface area is 91.9 Å². The zero-order valence-corrected chi connectivity index (χ0v) is 8.94. The number of benzene rings is 1. The quantitative estimate of drug-likeness (QED) is 0.749. The van der Waals surface area contributed by atoms with Gasteiger partial charge in [0, 0.05) is 5.39 Å². The molecule has 76 valence electrons. The van der Waals surface area contributed by atoms with Crippen molar-refractivity contribution in [2.24, 2.45) is 5.73 Å². The van der Waals surface area contributed by atoms with Gasteiger partial charge in [-0.1, -0.05) is 12.2 Å². The van der Waals surface area contributed by atoms with Crippen LogP contribution in [0.3, 0.4) is 0 Å². The summed E-state index contributed by atoms with van der Waals surface area (Å²) in [6.45, 7) is 1.88. The van der Waals surface area contributed by atoms with Crippen molar-refractivity contribution in [1.82, 2.24) is 4.98 Å². The molecule has 0 amide bonds. The van der Waals surface area contributed by atoms with Gasteiger partial charge in [-0.05, 0) is 36.8 Å². The molecule has 0 saturated carbocycles. The highest BCUT2D eigenvalue weighted by molar-refractivity contribution is 7.80. The molecule has 0 radical (unpaired) electrons. The number of nitrogens with two attached hydrogens (primary N) is 1. The first-order valence-corrected chi connectivity index (χ1v) is 4.85. The smallest absolute Gasteiger partial charge is 0.123 e. The van der Waals surface area contributed by atoms with Crippen molar-refractivity contribution in [3.05, 3.63) is 41.3 Å². The third kappa shape index (κ3) is 1.80. The molecule has 2 nitrogen and oxygen atoms in total. The minimum absolute atomic E-state index is 0.254. The highest BCUT2D eigenvalue weighted by atomic mass is 32.1. The summed E-state index contributed by atoms with van der Waals surface area (Å²) in [4.78, 5) is 4.50. The van der Waals surface area contributed by atoms with Gasteiger partial charge in [-0.25, -0.2) is 9.37 Å². The molecule has 0 aliphatic rings. The van der Waals surface area contributed by atoms with Gasteiger partial charge in [0.05, 0.1) is 11.2 Å². The van der Waals surface area contributed by atoms with Gasteiger partial charge in [0.2, 0.25) is 0 Å². The van der Waals surface area contributed by atoms with E-state index in [1.165, 1.54) is 12.1 Å². The number of halogens is 1. The average molecular weight is 220 g/mol. The summed E-state index contributed by atoms with van der Waals surface area (Å²) >= 11 is 4.85. The fraction of sp³-hybridized carbons (Fsp3) is 0.0909. The molecule has 2 N–H and O–H groups in total. The number of aromatic nitrogens is 1. The van der Waals surface area contributed by atoms with Crippen molar-refractivity contribution < 1.29 is 4.39 Å². The van der Waals surface area contributed by atoms with Crippen LogP contribution >= 0.6 is 12.2 Å². The van der Waals surface area contributed by atoms with Crippen LogP contribution in [0.5, 0.6) is 0 Å². The van der Waals surface area contributed by atoms with E-state index in [9.17, 15) is 4.39 Å². The van der Waals surface area contributed by atoms with Crippen molar-refractivity contribution in [2.75, 3.05) is 0 Å². The van der Waals surface area contributed by atoms with Gasteiger partial charge in [-0.3, -0.25) is 0 Å². The second-order valence-corrected chi connectivity index (χ2v) is 3.79. The highest BCUT2D eigenvalue weighted by Crippen LogP contribution is 2.18. The summed E-state index contributed by atoms with van der Waals surface area (Å²) in [6, 6.07) is 6.22. The first-order chi connectivity index (χ1) is 7.08. The lowest BCUT2D eigenvalue weighted by molar-refractivity contribution is 0.629. The number of hydrogen-bond acceptors (Lipinski definition) is 2. The Hall–Kier alpha value is -1.55. The number of rotatable bonds is 1. The number of fused-ring (bicyclic) bond motifs is 1. The molecule has 15 heavy (non-hydrogen) atoms. The normalized spacial score (nSPS) is 10.5. The Morgan fingerprint density at radius 2 is 2.13 bits per heavy atom. The molecular weight excluding hydrogens is 211 g/mol. The van der Waals surface area contributed by atoms with Crippen molar-refractivity contribution in [3.8, 4) is 0 Å². The molecular formula is C11H9FN2S. The second kappa shape index (κ2) is 3.55. The molecule has 2 aromatic rings. The van der Waals surface area contributed by atoms with Crippen LogP contribution in [0.4, 0.5) is 4.39 Å². The molecule has 1 aromatic heterocycles. The fourth-order valence-electron chi connectivity index (χ4n) is 1.49. The van der Waals surface area contributed by atoms with Gasteiger partial charge in [-0.2, -0.15) is 0 Å². The molecule has 0 aliphatic heterocycles. The van der Waals surface area contributed by atoms with Gasteiger partial charge >= 0.3 is 0 Å². The lowest BCUT2D eigenvalue weighted by Crippen LogP contribution is -2.11. The largest absolute Gasteiger partial charge is 0.388 e. The van der Waals surface area contributed by atoms with Gasteiger partial charge < -0.3 is 5.73 Å². The van der Waals surface area contributed by atoms with Crippen LogP contribution in [-0.2, 0) is 0 Å². The van der Waals surface area contributed by atoms with Crippen LogP contribution in [-0.4, -0.2) is 9.97 Å². The molecule has 0 atom stereocenters. The Morgan fingerprint density at radius 1 is 1.40 bits per heavy atom. The second-order valence-electron chi connectivity index (χ2n) is 3.35.